The topological polar surface area (TPSA) is 51.4 Å². The third-order valence-corrected chi connectivity index (χ3v) is 5.66. The van der Waals surface area contributed by atoms with E-state index in [9.17, 15) is 0 Å². The van der Waals surface area contributed by atoms with Crippen LogP contribution in [0.4, 0.5) is 0 Å². The van der Waals surface area contributed by atoms with E-state index in [0.29, 0.717) is 5.82 Å². The molecule has 2 aromatic carbocycles. The standard InChI is InChI=1S/C23H27N3O2/c1-2-27-18-17-26-15-13-23(14-16-26,20-11-7-4-8-12-20)22-24-21(25-28-22)19-9-5-3-6-10-19/h3-12H,2,13-18H2,1H3. The molecule has 0 saturated carbocycles. The van der Waals surface area contributed by atoms with Crippen molar-refractivity contribution in [1.29, 1.82) is 0 Å². The third-order valence-electron chi connectivity index (χ3n) is 5.66. The van der Waals surface area contributed by atoms with E-state index in [1.807, 2.05) is 37.3 Å². The molecule has 4 rings (SSSR count). The van der Waals surface area contributed by atoms with Crippen molar-refractivity contribution in [2.75, 3.05) is 32.8 Å². The molecule has 5 nitrogen and oxygen atoms in total. The van der Waals surface area contributed by atoms with Crippen molar-refractivity contribution < 1.29 is 9.26 Å². The highest BCUT2D eigenvalue weighted by atomic mass is 16.5. The van der Waals surface area contributed by atoms with Crippen LogP contribution in [0.1, 0.15) is 31.2 Å². The summed E-state index contributed by atoms with van der Waals surface area (Å²) in [4.78, 5) is 7.30. The van der Waals surface area contributed by atoms with Gasteiger partial charge in [0.25, 0.3) is 0 Å². The third kappa shape index (κ3) is 3.86. The molecule has 5 heteroatoms. The summed E-state index contributed by atoms with van der Waals surface area (Å²) >= 11 is 0. The largest absolute Gasteiger partial charge is 0.380 e. The minimum Gasteiger partial charge on any atom is -0.380 e. The molecule has 0 bridgehead atoms. The zero-order chi connectivity index (χ0) is 19.2. The summed E-state index contributed by atoms with van der Waals surface area (Å²) in [5.74, 6) is 1.38. The van der Waals surface area contributed by atoms with Crippen molar-refractivity contribution in [1.82, 2.24) is 15.0 Å². The van der Waals surface area contributed by atoms with Crippen LogP contribution in [0.3, 0.4) is 0 Å². The van der Waals surface area contributed by atoms with E-state index >= 15 is 0 Å². The summed E-state index contributed by atoms with van der Waals surface area (Å²) in [7, 11) is 0. The van der Waals surface area contributed by atoms with Gasteiger partial charge in [0.2, 0.25) is 11.7 Å². The van der Waals surface area contributed by atoms with Crippen LogP contribution in [0.25, 0.3) is 11.4 Å². The molecule has 0 N–H and O–H groups in total. The molecule has 0 atom stereocenters. The van der Waals surface area contributed by atoms with Crippen LogP contribution in [0.15, 0.2) is 65.2 Å². The SMILES string of the molecule is CCOCCN1CCC(c2ccccc2)(c2nc(-c3ccccc3)no2)CC1. The Morgan fingerprint density at radius 1 is 1.00 bits per heavy atom. The number of piperidine rings is 1. The highest BCUT2D eigenvalue weighted by Gasteiger charge is 2.42. The minimum absolute atomic E-state index is 0.233. The molecular weight excluding hydrogens is 350 g/mol. The lowest BCUT2D eigenvalue weighted by Crippen LogP contribution is -2.44. The van der Waals surface area contributed by atoms with Gasteiger partial charge in [-0.25, -0.2) is 0 Å². The quantitative estimate of drug-likeness (QED) is 0.579. The summed E-state index contributed by atoms with van der Waals surface area (Å²) < 4.78 is 11.4. The van der Waals surface area contributed by atoms with Crippen molar-refractivity contribution in [3.05, 3.63) is 72.1 Å². The Kier molecular flexibility index (Phi) is 5.84. The van der Waals surface area contributed by atoms with Crippen molar-refractivity contribution in [2.45, 2.75) is 25.2 Å². The molecular formula is C23H27N3O2. The normalized spacial score (nSPS) is 16.9. The maximum atomic E-state index is 5.85. The van der Waals surface area contributed by atoms with Crippen molar-refractivity contribution in [3.8, 4) is 11.4 Å². The second-order valence-corrected chi connectivity index (χ2v) is 7.28. The fraction of sp³-hybridized carbons (Fsp3) is 0.391. The minimum atomic E-state index is -0.233. The van der Waals surface area contributed by atoms with Gasteiger partial charge in [-0.15, -0.1) is 0 Å². The van der Waals surface area contributed by atoms with Gasteiger partial charge in [-0.3, -0.25) is 0 Å². The molecule has 3 aromatic rings. The lowest BCUT2D eigenvalue weighted by atomic mass is 9.72. The van der Waals surface area contributed by atoms with Gasteiger partial charge in [-0.1, -0.05) is 65.8 Å². The molecule has 28 heavy (non-hydrogen) atoms. The molecule has 2 heterocycles. The Labute approximate surface area is 166 Å². The fourth-order valence-corrected chi connectivity index (χ4v) is 4.00. The number of nitrogens with zero attached hydrogens (tertiary/aromatic N) is 3. The monoisotopic (exact) mass is 377 g/mol. The molecule has 0 aliphatic carbocycles. The Morgan fingerprint density at radius 3 is 2.36 bits per heavy atom. The average Bonchev–Trinajstić information content (AvgIpc) is 3.27. The lowest BCUT2D eigenvalue weighted by Gasteiger charge is -2.39. The predicted octanol–water partition coefficient (Wildman–Crippen LogP) is 4.16. The van der Waals surface area contributed by atoms with Gasteiger partial charge in [-0.05, 0) is 38.4 Å². The van der Waals surface area contributed by atoms with Crippen LogP contribution in [0.2, 0.25) is 0 Å². The summed E-state index contributed by atoms with van der Waals surface area (Å²) in [5.41, 5.74) is 2.00. The van der Waals surface area contributed by atoms with Crippen molar-refractivity contribution >= 4 is 0 Å². The van der Waals surface area contributed by atoms with E-state index in [4.69, 9.17) is 14.2 Å². The fourth-order valence-electron chi connectivity index (χ4n) is 4.00. The van der Waals surface area contributed by atoms with E-state index in [-0.39, 0.29) is 5.41 Å². The van der Waals surface area contributed by atoms with Gasteiger partial charge in [-0.2, -0.15) is 4.98 Å². The molecule has 0 amide bonds. The van der Waals surface area contributed by atoms with Crippen LogP contribution in [0, 0.1) is 0 Å². The number of likely N-dealkylation sites (tertiary alicyclic amines) is 1. The van der Waals surface area contributed by atoms with E-state index in [2.05, 4.69) is 40.4 Å². The van der Waals surface area contributed by atoms with E-state index in [1.165, 1.54) is 5.56 Å². The van der Waals surface area contributed by atoms with E-state index in [0.717, 1.165) is 57.1 Å². The predicted molar refractivity (Wildman–Crippen MR) is 109 cm³/mol. The van der Waals surface area contributed by atoms with Gasteiger partial charge in [0.15, 0.2) is 0 Å². The van der Waals surface area contributed by atoms with Crippen molar-refractivity contribution in [3.63, 3.8) is 0 Å². The smallest absolute Gasteiger partial charge is 0.237 e. The van der Waals surface area contributed by atoms with E-state index < -0.39 is 0 Å². The Bertz CT molecular complexity index is 856. The number of hydrogen-bond donors (Lipinski definition) is 0. The Morgan fingerprint density at radius 2 is 1.68 bits per heavy atom. The first-order valence-electron chi connectivity index (χ1n) is 10.1. The molecule has 0 radical (unpaired) electrons. The van der Waals surface area contributed by atoms with Gasteiger partial charge in [0.1, 0.15) is 0 Å². The lowest BCUT2D eigenvalue weighted by molar-refractivity contribution is 0.0891. The van der Waals surface area contributed by atoms with Crippen molar-refractivity contribution in [2.24, 2.45) is 0 Å². The zero-order valence-electron chi connectivity index (χ0n) is 16.4. The summed E-state index contributed by atoms with van der Waals surface area (Å²) in [6, 6.07) is 20.6. The molecule has 1 saturated heterocycles. The Balaban J connectivity index is 1.60. The molecule has 146 valence electrons. The van der Waals surface area contributed by atoms with Crippen LogP contribution in [-0.2, 0) is 10.2 Å². The number of ether oxygens (including phenoxy) is 1. The van der Waals surface area contributed by atoms with Crippen LogP contribution in [-0.4, -0.2) is 47.9 Å². The summed E-state index contributed by atoms with van der Waals surface area (Å²) in [6.45, 7) is 6.55. The molecule has 1 aliphatic heterocycles. The highest BCUT2D eigenvalue weighted by Crippen LogP contribution is 2.41. The first-order chi connectivity index (χ1) is 13.8. The first kappa shape index (κ1) is 18.8. The van der Waals surface area contributed by atoms with Crippen LogP contribution in [0.5, 0.6) is 0 Å². The molecule has 1 aliphatic rings. The second kappa shape index (κ2) is 8.67. The van der Waals surface area contributed by atoms with Gasteiger partial charge in [0.05, 0.1) is 12.0 Å². The van der Waals surface area contributed by atoms with Crippen LogP contribution < -0.4 is 0 Å². The molecule has 0 unspecified atom stereocenters. The number of rotatable bonds is 7. The number of hydrogen-bond acceptors (Lipinski definition) is 5. The number of aromatic nitrogens is 2. The number of benzene rings is 2. The summed E-state index contributed by atoms with van der Waals surface area (Å²) in [5, 5.41) is 4.29. The Hall–Kier alpha value is -2.50. The maximum Gasteiger partial charge on any atom is 0.237 e. The van der Waals surface area contributed by atoms with Gasteiger partial charge in [0, 0.05) is 18.7 Å². The molecule has 0 spiro atoms. The van der Waals surface area contributed by atoms with Crippen LogP contribution >= 0.6 is 0 Å². The average molecular weight is 377 g/mol. The molecule has 1 fully saturated rings. The maximum absolute atomic E-state index is 5.85. The molecule has 1 aromatic heterocycles. The van der Waals surface area contributed by atoms with Gasteiger partial charge < -0.3 is 14.2 Å². The summed E-state index contributed by atoms with van der Waals surface area (Å²) in [6.07, 6.45) is 1.92. The van der Waals surface area contributed by atoms with E-state index in [1.54, 1.807) is 0 Å². The zero-order valence-corrected chi connectivity index (χ0v) is 16.4. The first-order valence-corrected chi connectivity index (χ1v) is 10.1. The van der Waals surface area contributed by atoms with Gasteiger partial charge >= 0.3 is 0 Å². The second-order valence-electron chi connectivity index (χ2n) is 7.28. The highest BCUT2D eigenvalue weighted by molar-refractivity contribution is 5.54.